The third-order valence-corrected chi connectivity index (χ3v) is 3.51. The summed E-state index contributed by atoms with van der Waals surface area (Å²) in [5.41, 5.74) is 6.04. The minimum absolute atomic E-state index is 0.274. The first-order chi connectivity index (χ1) is 9.56. The normalized spacial score (nSPS) is 12.4. The summed E-state index contributed by atoms with van der Waals surface area (Å²) in [6, 6.07) is 0.371. The van der Waals surface area contributed by atoms with E-state index in [9.17, 15) is 0 Å². The highest BCUT2D eigenvalue weighted by Gasteiger charge is 2.06. The standard InChI is InChI=1S/C14H25N5S/c1-4-19(5-2)8-6-7-11(3)18-13-10-16-12(9-17-13)14(15)20/h9-11H,4-8H2,1-3H3,(H2,15,20)(H,17,18). The van der Waals surface area contributed by atoms with E-state index in [-0.39, 0.29) is 4.99 Å². The zero-order valence-corrected chi connectivity index (χ0v) is 13.4. The zero-order chi connectivity index (χ0) is 15.0. The number of nitrogens with two attached hydrogens (primary N) is 1. The molecule has 6 heteroatoms. The fourth-order valence-electron chi connectivity index (χ4n) is 2.02. The second-order valence-electron chi connectivity index (χ2n) is 4.87. The van der Waals surface area contributed by atoms with Crippen molar-refractivity contribution in [2.24, 2.45) is 5.73 Å². The molecular weight excluding hydrogens is 270 g/mol. The fourth-order valence-corrected chi connectivity index (χ4v) is 2.12. The summed E-state index contributed by atoms with van der Waals surface area (Å²) in [5, 5.41) is 3.34. The highest BCUT2D eigenvalue weighted by molar-refractivity contribution is 7.80. The van der Waals surface area contributed by atoms with Gasteiger partial charge >= 0.3 is 0 Å². The summed E-state index contributed by atoms with van der Waals surface area (Å²) in [4.78, 5) is 11.1. The van der Waals surface area contributed by atoms with E-state index < -0.39 is 0 Å². The van der Waals surface area contributed by atoms with E-state index in [1.54, 1.807) is 12.4 Å². The van der Waals surface area contributed by atoms with Crippen LogP contribution in [0.5, 0.6) is 0 Å². The number of rotatable bonds is 9. The average Bonchev–Trinajstić information content (AvgIpc) is 2.44. The van der Waals surface area contributed by atoms with Gasteiger partial charge in [0.05, 0.1) is 12.4 Å². The van der Waals surface area contributed by atoms with Gasteiger partial charge in [-0.1, -0.05) is 26.1 Å². The van der Waals surface area contributed by atoms with Crippen molar-refractivity contribution in [1.82, 2.24) is 14.9 Å². The van der Waals surface area contributed by atoms with Crippen LogP contribution in [0, 0.1) is 0 Å². The number of hydrogen-bond acceptors (Lipinski definition) is 5. The maximum Gasteiger partial charge on any atom is 0.144 e. The first-order valence-corrected chi connectivity index (χ1v) is 7.58. The Balaban J connectivity index is 2.34. The van der Waals surface area contributed by atoms with Crippen molar-refractivity contribution < 1.29 is 0 Å². The molecule has 0 bridgehead atoms. The Labute approximate surface area is 127 Å². The molecule has 1 aromatic heterocycles. The highest BCUT2D eigenvalue weighted by Crippen LogP contribution is 2.07. The topological polar surface area (TPSA) is 67.1 Å². The first kappa shape index (κ1) is 16.8. The Morgan fingerprint density at radius 3 is 2.55 bits per heavy atom. The maximum absolute atomic E-state index is 5.49. The summed E-state index contributed by atoms with van der Waals surface area (Å²) >= 11 is 4.85. The molecule has 0 spiro atoms. The summed E-state index contributed by atoms with van der Waals surface area (Å²) < 4.78 is 0. The molecule has 1 heterocycles. The van der Waals surface area contributed by atoms with Crippen LogP contribution in [0.1, 0.15) is 39.3 Å². The molecule has 3 N–H and O–H groups in total. The van der Waals surface area contributed by atoms with Crippen LogP contribution in [0.2, 0.25) is 0 Å². The van der Waals surface area contributed by atoms with Gasteiger partial charge in [0, 0.05) is 6.04 Å². The second kappa shape index (κ2) is 8.81. The van der Waals surface area contributed by atoms with E-state index in [4.69, 9.17) is 18.0 Å². The summed E-state index contributed by atoms with van der Waals surface area (Å²) in [6.07, 6.45) is 5.56. The van der Waals surface area contributed by atoms with E-state index in [0.29, 0.717) is 11.7 Å². The minimum atomic E-state index is 0.274. The number of nitrogens with one attached hydrogen (secondary N) is 1. The monoisotopic (exact) mass is 295 g/mol. The van der Waals surface area contributed by atoms with E-state index in [2.05, 4.69) is 41.0 Å². The summed E-state index contributed by atoms with van der Waals surface area (Å²) in [6.45, 7) is 9.93. The zero-order valence-electron chi connectivity index (χ0n) is 12.6. The van der Waals surface area contributed by atoms with Gasteiger partial charge in [-0.25, -0.2) is 9.97 Å². The Kier molecular flexibility index (Phi) is 7.40. The molecule has 0 fully saturated rings. The third-order valence-electron chi connectivity index (χ3n) is 3.30. The molecule has 0 amide bonds. The second-order valence-corrected chi connectivity index (χ2v) is 5.31. The van der Waals surface area contributed by atoms with E-state index in [1.165, 1.54) is 6.42 Å². The number of hydrogen-bond donors (Lipinski definition) is 2. The van der Waals surface area contributed by atoms with Crippen molar-refractivity contribution in [3.63, 3.8) is 0 Å². The molecule has 1 unspecified atom stereocenters. The fraction of sp³-hybridized carbons (Fsp3) is 0.643. The van der Waals surface area contributed by atoms with Crippen LogP contribution in [-0.2, 0) is 0 Å². The summed E-state index contributed by atoms with van der Waals surface area (Å²) in [7, 11) is 0. The lowest BCUT2D eigenvalue weighted by Crippen LogP contribution is -2.25. The lowest BCUT2D eigenvalue weighted by atomic mass is 10.2. The van der Waals surface area contributed by atoms with Crippen LogP contribution in [0.25, 0.3) is 0 Å². The molecule has 5 nitrogen and oxygen atoms in total. The first-order valence-electron chi connectivity index (χ1n) is 7.17. The molecule has 0 aliphatic rings. The molecule has 0 saturated heterocycles. The maximum atomic E-state index is 5.49. The molecule has 20 heavy (non-hydrogen) atoms. The molecule has 1 atom stereocenters. The summed E-state index contributed by atoms with van der Waals surface area (Å²) in [5.74, 6) is 0.764. The van der Waals surface area contributed by atoms with Crippen LogP contribution in [0.3, 0.4) is 0 Å². The predicted octanol–water partition coefficient (Wildman–Crippen LogP) is 2.03. The van der Waals surface area contributed by atoms with Crippen LogP contribution >= 0.6 is 12.2 Å². The van der Waals surface area contributed by atoms with Gasteiger partial charge in [0.25, 0.3) is 0 Å². The number of nitrogens with zero attached hydrogens (tertiary/aromatic N) is 3. The van der Waals surface area contributed by atoms with Crippen LogP contribution < -0.4 is 11.1 Å². The van der Waals surface area contributed by atoms with Crippen molar-refractivity contribution in [3.8, 4) is 0 Å². The Morgan fingerprint density at radius 1 is 1.35 bits per heavy atom. The van der Waals surface area contributed by atoms with Crippen molar-refractivity contribution in [1.29, 1.82) is 0 Å². The van der Waals surface area contributed by atoms with E-state index >= 15 is 0 Å². The van der Waals surface area contributed by atoms with Crippen LogP contribution in [-0.4, -0.2) is 45.5 Å². The Hall–Kier alpha value is -1.27. The quantitative estimate of drug-likeness (QED) is 0.680. The van der Waals surface area contributed by atoms with Crippen LogP contribution in [0.4, 0.5) is 5.82 Å². The van der Waals surface area contributed by atoms with Crippen LogP contribution in [0.15, 0.2) is 12.4 Å². The van der Waals surface area contributed by atoms with Gasteiger partial charge in [0.1, 0.15) is 16.5 Å². The lowest BCUT2D eigenvalue weighted by molar-refractivity contribution is 0.295. The molecule has 0 aliphatic heterocycles. The molecule has 112 valence electrons. The van der Waals surface area contributed by atoms with Gasteiger partial charge < -0.3 is 16.0 Å². The lowest BCUT2D eigenvalue weighted by Gasteiger charge is -2.20. The SMILES string of the molecule is CCN(CC)CCCC(C)Nc1cnc(C(N)=S)cn1. The number of thiocarbonyl (C=S) groups is 1. The van der Waals surface area contributed by atoms with E-state index in [1.807, 2.05) is 0 Å². The number of anilines is 1. The van der Waals surface area contributed by atoms with Crippen molar-refractivity contribution >= 4 is 23.0 Å². The third kappa shape index (κ3) is 5.79. The molecule has 1 rings (SSSR count). The van der Waals surface area contributed by atoms with Gasteiger partial charge in [-0.05, 0) is 39.4 Å². The van der Waals surface area contributed by atoms with Crippen molar-refractivity contribution in [2.45, 2.75) is 39.7 Å². The van der Waals surface area contributed by atoms with Gasteiger partial charge in [-0.15, -0.1) is 0 Å². The van der Waals surface area contributed by atoms with Gasteiger partial charge in [-0.2, -0.15) is 0 Å². The van der Waals surface area contributed by atoms with Crippen molar-refractivity contribution in [2.75, 3.05) is 25.0 Å². The Morgan fingerprint density at radius 2 is 2.05 bits per heavy atom. The highest BCUT2D eigenvalue weighted by atomic mass is 32.1. The Bertz CT molecular complexity index is 403. The van der Waals surface area contributed by atoms with Crippen molar-refractivity contribution in [3.05, 3.63) is 18.1 Å². The smallest absolute Gasteiger partial charge is 0.144 e. The van der Waals surface area contributed by atoms with Gasteiger partial charge in [0.15, 0.2) is 0 Å². The molecule has 1 aromatic rings. The molecule has 0 saturated carbocycles. The minimum Gasteiger partial charge on any atom is -0.388 e. The molecular formula is C14H25N5S. The predicted molar refractivity (Wildman–Crippen MR) is 88.0 cm³/mol. The van der Waals surface area contributed by atoms with E-state index in [0.717, 1.165) is 31.9 Å². The molecule has 0 radical (unpaired) electrons. The molecule has 0 aromatic carbocycles. The van der Waals surface area contributed by atoms with Gasteiger partial charge in [-0.3, -0.25) is 0 Å². The number of aromatic nitrogens is 2. The largest absolute Gasteiger partial charge is 0.388 e. The average molecular weight is 295 g/mol. The van der Waals surface area contributed by atoms with Gasteiger partial charge in [0.2, 0.25) is 0 Å². The molecule has 0 aliphatic carbocycles.